The second kappa shape index (κ2) is 9.81. The van der Waals surface area contributed by atoms with Crippen molar-refractivity contribution in [2.75, 3.05) is 26.7 Å². The number of fused-ring (bicyclic) bond motifs is 1. The van der Waals surface area contributed by atoms with Gasteiger partial charge in [0.05, 0.1) is 13.7 Å². The summed E-state index contributed by atoms with van der Waals surface area (Å²) >= 11 is 0. The van der Waals surface area contributed by atoms with Crippen molar-refractivity contribution in [1.29, 1.82) is 0 Å². The smallest absolute Gasteiger partial charge is 0.275 e. The lowest BCUT2D eigenvalue weighted by molar-refractivity contribution is -0.923. The normalized spacial score (nSPS) is 19.4. The zero-order chi connectivity index (χ0) is 20.8. The Bertz CT molecular complexity index is 964. The molecule has 2 atom stereocenters. The van der Waals surface area contributed by atoms with Crippen LogP contribution in [-0.4, -0.2) is 37.6 Å². The minimum absolute atomic E-state index is 0.144. The van der Waals surface area contributed by atoms with Crippen molar-refractivity contribution < 1.29 is 14.4 Å². The van der Waals surface area contributed by atoms with Crippen LogP contribution in [0.15, 0.2) is 54.7 Å². The van der Waals surface area contributed by atoms with Gasteiger partial charge in [-0.05, 0) is 61.6 Å². The number of H-pyrrole nitrogens is 1. The molecule has 0 spiro atoms. The molecule has 158 valence electrons. The average Bonchev–Trinajstić information content (AvgIpc) is 3.04. The molecule has 3 aromatic rings. The van der Waals surface area contributed by atoms with Crippen LogP contribution in [0, 0.1) is 0 Å². The van der Waals surface area contributed by atoms with E-state index in [9.17, 15) is 4.79 Å². The number of carbonyl (C=O) groups is 1. The van der Waals surface area contributed by atoms with Crippen LogP contribution in [0.1, 0.15) is 42.9 Å². The largest absolute Gasteiger partial charge is 0.497 e. The van der Waals surface area contributed by atoms with Gasteiger partial charge in [-0.1, -0.05) is 18.2 Å². The Morgan fingerprint density at radius 2 is 1.97 bits per heavy atom. The van der Waals surface area contributed by atoms with Gasteiger partial charge in [0.1, 0.15) is 11.8 Å². The Labute approximate surface area is 178 Å². The number of ether oxygens (including phenoxy) is 1. The van der Waals surface area contributed by atoms with E-state index in [0.717, 1.165) is 30.7 Å². The Hall–Kier alpha value is -2.79. The van der Waals surface area contributed by atoms with Crippen LogP contribution < -0.4 is 15.0 Å². The molecule has 4 rings (SSSR count). The third-order valence-electron chi connectivity index (χ3n) is 6.28. The number of nitrogens with one attached hydrogen (secondary N) is 3. The molecule has 1 aliphatic rings. The van der Waals surface area contributed by atoms with Gasteiger partial charge in [-0.3, -0.25) is 4.79 Å². The maximum absolute atomic E-state index is 12.7. The highest BCUT2D eigenvalue weighted by Gasteiger charge is 2.28. The van der Waals surface area contributed by atoms with Crippen LogP contribution in [0.4, 0.5) is 0 Å². The van der Waals surface area contributed by atoms with Gasteiger partial charge < -0.3 is 19.9 Å². The summed E-state index contributed by atoms with van der Waals surface area (Å²) in [6.45, 7) is 2.25. The summed E-state index contributed by atoms with van der Waals surface area (Å²) < 4.78 is 5.30. The highest BCUT2D eigenvalue weighted by atomic mass is 16.5. The van der Waals surface area contributed by atoms with E-state index < -0.39 is 0 Å². The molecule has 5 nitrogen and oxygen atoms in total. The Balaban J connectivity index is 1.35. The molecular weight excluding hydrogens is 374 g/mol. The zero-order valence-electron chi connectivity index (χ0n) is 17.7. The topological polar surface area (TPSA) is 58.6 Å². The minimum Gasteiger partial charge on any atom is -0.497 e. The lowest BCUT2D eigenvalue weighted by Crippen LogP contribution is -3.13. The molecule has 0 radical (unpaired) electrons. The lowest BCUT2D eigenvalue weighted by atomic mass is 10.0. The molecule has 2 heterocycles. The van der Waals surface area contributed by atoms with Crippen LogP contribution in [-0.2, 0) is 11.2 Å². The second-order valence-corrected chi connectivity index (χ2v) is 8.22. The van der Waals surface area contributed by atoms with Gasteiger partial charge in [-0.15, -0.1) is 0 Å². The monoisotopic (exact) mass is 406 g/mol. The fraction of sp³-hybridized carbons (Fsp3) is 0.400. The number of carbonyl (C=O) groups excluding carboxylic acids is 1. The number of rotatable bonds is 7. The summed E-state index contributed by atoms with van der Waals surface area (Å²) in [6, 6.07) is 17.0. The minimum atomic E-state index is 0.144. The summed E-state index contributed by atoms with van der Waals surface area (Å²) in [5.74, 6) is 1.02. The Kier molecular flexibility index (Phi) is 6.70. The molecule has 1 aliphatic heterocycles. The van der Waals surface area contributed by atoms with Crippen LogP contribution in [0.3, 0.4) is 0 Å². The number of quaternary nitrogens is 1. The molecule has 0 aliphatic carbocycles. The molecule has 5 heteroatoms. The van der Waals surface area contributed by atoms with Gasteiger partial charge in [0.2, 0.25) is 0 Å². The van der Waals surface area contributed by atoms with E-state index >= 15 is 0 Å². The molecule has 1 unspecified atom stereocenters. The fourth-order valence-corrected chi connectivity index (χ4v) is 4.65. The predicted octanol–water partition coefficient (Wildman–Crippen LogP) is 3.04. The van der Waals surface area contributed by atoms with Crippen molar-refractivity contribution in [1.82, 2.24) is 10.3 Å². The number of likely N-dealkylation sites (tertiary alicyclic amines) is 1. The quantitative estimate of drug-likeness (QED) is 0.565. The summed E-state index contributed by atoms with van der Waals surface area (Å²) in [4.78, 5) is 17.4. The van der Waals surface area contributed by atoms with Gasteiger partial charge >= 0.3 is 0 Å². The van der Waals surface area contributed by atoms with Crippen LogP contribution >= 0.6 is 0 Å². The van der Waals surface area contributed by atoms with E-state index in [1.807, 2.05) is 18.2 Å². The van der Waals surface area contributed by atoms with E-state index in [1.54, 1.807) is 7.11 Å². The first kappa shape index (κ1) is 20.5. The summed E-state index contributed by atoms with van der Waals surface area (Å²) in [7, 11) is 1.69. The molecule has 2 aromatic carbocycles. The summed E-state index contributed by atoms with van der Waals surface area (Å²) in [5.41, 5.74) is 3.71. The van der Waals surface area contributed by atoms with Gasteiger partial charge in [0.15, 0.2) is 6.54 Å². The van der Waals surface area contributed by atoms with Crippen molar-refractivity contribution in [3.05, 3.63) is 65.9 Å². The summed E-state index contributed by atoms with van der Waals surface area (Å²) in [6.07, 6.45) is 7.68. The average molecular weight is 407 g/mol. The number of hydrogen-bond donors (Lipinski definition) is 3. The van der Waals surface area contributed by atoms with Gasteiger partial charge in [0, 0.05) is 35.6 Å². The lowest BCUT2D eigenvalue weighted by Gasteiger charge is -2.27. The molecule has 1 fully saturated rings. The third kappa shape index (κ3) is 4.85. The molecule has 1 saturated heterocycles. The third-order valence-corrected chi connectivity index (χ3v) is 6.28. The highest BCUT2D eigenvalue weighted by Crippen LogP contribution is 2.22. The van der Waals surface area contributed by atoms with Crippen molar-refractivity contribution in [3.8, 4) is 5.75 Å². The molecule has 0 saturated carbocycles. The van der Waals surface area contributed by atoms with E-state index in [2.05, 4.69) is 46.8 Å². The number of methoxy groups -OCH3 is 1. The number of aromatic amines is 1. The van der Waals surface area contributed by atoms with E-state index in [-0.39, 0.29) is 5.91 Å². The van der Waals surface area contributed by atoms with Gasteiger partial charge in [-0.25, -0.2) is 0 Å². The van der Waals surface area contributed by atoms with E-state index in [1.165, 1.54) is 40.7 Å². The zero-order valence-corrected chi connectivity index (χ0v) is 17.7. The van der Waals surface area contributed by atoms with Crippen molar-refractivity contribution in [2.45, 2.75) is 38.1 Å². The fourth-order valence-electron chi connectivity index (χ4n) is 4.65. The molecule has 3 N–H and O–H groups in total. The first-order chi connectivity index (χ1) is 14.7. The molecular formula is C25H32N3O2+. The molecule has 0 bridgehead atoms. The number of hydrogen-bond acceptors (Lipinski definition) is 2. The van der Waals surface area contributed by atoms with Crippen LogP contribution in [0.2, 0.25) is 0 Å². The Morgan fingerprint density at radius 3 is 2.80 bits per heavy atom. The first-order valence-electron chi connectivity index (χ1n) is 11.0. The highest BCUT2D eigenvalue weighted by molar-refractivity contribution is 5.83. The SMILES string of the molecule is COc1ccc([C@@H]2CCCCC[NH+]2CC(=O)NCCc2c[nH]c3ccccc23)cc1. The number of benzene rings is 2. The molecule has 30 heavy (non-hydrogen) atoms. The van der Waals surface area contributed by atoms with E-state index in [0.29, 0.717) is 19.1 Å². The van der Waals surface area contributed by atoms with Crippen LogP contribution in [0.5, 0.6) is 5.75 Å². The second-order valence-electron chi connectivity index (χ2n) is 8.22. The van der Waals surface area contributed by atoms with Crippen LogP contribution in [0.25, 0.3) is 10.9 Å². The van der Waals surface area contributed by atoms with Crippen molar-refractivity contribution in [3.63, 3.8) is 0 Å². The summed E-state index contributed by atoms with van der Waals surface area (Å²) in [5, 5.41) is 4.39. The maximum Gasteiger partial charge on any atom is 0.275 e. The number of aromatic nitrogens is 1. The van der Waals surface area contributed by atoms with Gasteiger partial charge in [0.25, 0.3) is 5.91 Å². The molecule has 1 amide bonds. The number of para-hydroxylation sites is 1. The first-order valence-corrected chi connectivity index (χ1v) is 11.0. The Morgan fingerprint density at radius 1 is 1.13 bits per heavy atom. The van der Waals surface area contributed by atoms with Crippen molar-refractivity contribution >= 4 is 16.8 Å². The predicted molar refractivity (Wildman–Crippen MR) is 120 cm³/mol. The maximum atomic E-state index is 12.7. The van der Waals surface area contributed by atoms with Gasteiger partial charge in [-0.2, -0.15) is 0 Å². The number of amides is 1. The van der Waals surface area contributed by atoms with Crippen molar-refractivity contribution in [2.24, 2.45) is 0 Å². The standard InChI is InChI=1S/C25H31N3O2/c1-30-21-12-10-19(11-13-21)24-9-3-2-6-16-28(24)18-25(29)26-15-14-20-17-27-23-8-5-4-7-22(20)23/h4-5,7-8,10-13,17,24,27H,2-3,6,9,14-16,18H2,1H3,(H,26,29)/p+1/t24-/m0/s1. The van der Waals surface area contributed by atoms with E-state index in [4.69, 9.17) is 4.74 Å². The molecule has 1 aromatic heterocycles.